The molecule has 25 heavy (non-hydrogen) atoms. The van der Waals surface area contributed by atoms with Crippen LogP contribution in [0.5, 0.6) is 0 Å². The Balaban J connectivity index is 1.74. The first kappa shape index (κ1) is 17.5. The van der Waals surface area contributed by atoms with Gasteiger partial charge in [-0.05, 0) is 24.6 Å². The monoisotopic (exact) mass is 361 g/mol. The van der Waals surface area contributed by atoms with Crippen molar-refractivity contribution in [1.29, 1.82) is 0 Å². The Hall–Kier alpha value is -2.31. The van der Waals surface area contributed by atoms with Crippen molar-refractivity contribution in [3.8, 4) is 0 Å². The molecule has 0 saturated carbocycles. The number of hydrogen-bond acceptors (Lipinski definition) is 4. The fraction of sp³-hybridized carbons (Fsp3) is 0.333. The molecule has 2 atom stereocenters. The van der Waals surface area contributed by atoms with Crippen molar-refractivity contribution >= 4 is 23.4 Å². The standard InChI is InChI=1S/C18H20ClN3O3/c1-12(21-17(23)13-6-9-25-11-13)18(24)22-8-7-20-10-16(22)14-4-2-3-5-15(14)19/h2-6,9,11-12,16,20H,7-8,10H2,1H3,(H,21,23). The van der Waals surface area contributed by atoms with Gasteiger partial charge in [0.1, 0.15) is 12.3 Å². The lowest BCUT2D eigenvalue weighted by molar-refractivity contribution is -0.136. The van der Waals surface area contributed by atoms with Crippen LogP contribution in [0.25, 0.3) is 0 Å². The first-order valence-electron chi connectivity index (χ1n) is 8.16. The molecule has 2 amide bonds. The molecule has 1 aliphatic heterocycles. The average molecular weight is 362 g/mol. The van der Waals surface area contributed by atoms with Crippen LogP contribution in [0.15, 0.2) is 47.3 Å². The van der Waals surface area contributed by atoms with Gasteiger partial charge >= 0.3 is 0 Å². The fourth-order valence-corrected chi connectivity index (χ4v) is 3.24. The minimum Gasteiger partial charge on any atom is -0.472 e. The molecule has 2 unspecified atom stereocenters. The van der Waals surface area contributed by atoms with Gasteiger partial charge in [0.25, 0.3) is 5.91 Å². The van der Waals surface area contributed by atoms with Gasteiger partial charge in [0.05, 0.1) is 17.9 Å². The van der Waals surface area contributed by atoms with E-state index in [2.05, 4.69) is 10.6 Å². The van der Waals surface area contributed by atoms with Crippen molar-refractivity contribution in [3.63, 3.8) is 0 Å². The number of nitrogens with one attached hydrogen (secondary N) is 2. The zero-order valence-corrected chi connectivity index (χ0v) is 14.6. The highest BCUT2D eigenvalue weighted by Gasteiger charge is 2.32. The summed E-state index contributed by atoms with van der Waals surface area (Å²) < 4.78 is 4.90. The Morgan fingerprint density at radius 3 is 2.88 bits per heavy atom. The predicted molar refractivity (Wildman–Crippen MR) is 94.4 cm³/mol. The van der Waals surface area contributed by atoms with Gasteiger partial charge in [-0.2, -0.15) is 0 Å². The van der Waals surface area contributed by atoms with Crippen LogP contribution < -0.4 is 10.6 Å². The molecule has 132 valence electrons. The average Bonchev–Trinajstić information content (AvgIpc) is 3.16. The SMILES string of the molecule is CC(NC(=O)c1ccoc1)C(=O)N1CCNCC1c1ccccc1Cl. The Morgan fingerprint density at radius 1 is 1.36 bits per heavy atom. The van der Waals surface area contributed by atoms with E-state index in [0.29, 0.717) is 30.2 Å². The molecule has 1 aromatic carbocycles. The number of carbonyl (C=O) groups excluding carboxylic acids is 2. The maximum atomic E-state index is 12.9. The fourth-order valence-electron chi connectivity index (χ4n) is 2.98. The summed E-state index contributed by atoms with van der Waals surface area (Å²) in [7, 11) is 0. The Labute approximate surface area is 151 Å². The summed E-state index contributed by atoms with van der Waals surface area (Å²) in [5.74, 6) is -0.470. The molecule has 1 fully saturated rings. The molecule has 0 aliphatic carbocycles. The van der Waals surface area contributed by atoms with Gasteiger partial charge < -0.3 is 20.0 Å². The lowest BCUT2D eigenvalue weighted by atomic mass is 10.0. The number of halogens is 1. The number of rotatable bonds is 4. The molecule has 7 heteroatoms. The molecule has 1 saturated heterocycles. The summed E-state index contributed by atoms with van der Waals surface area (Å²) in [6.07, 6.45) is 2.77. The Kier molecular flexibility index (Phi) is 5.40. The molecule has 3 rings (SSSR count). The van der Waals surface area contributed by atoms with Crippen molar-refractivity contribution in [2.75, 3.05) is 19.6 Å². The third kappa shape index (κ3) is 3.86. The van der Waals surface area contributed by atoms with Gasteiger partial charge in [0.2, 0.25) is 5.91 Å². The second-order valence-electron chi connectivity index (χ2n) is 5.98. The van der Waals surface area contributed by atoms with Crippen molar-refractivity contribution in [2.24, 2.45) is 0 Å². The third-order valence-electron chi connectivity index (χ3n) is 4.29. The molecular weight excluding hydrogens is 342 g/mol. The largest absolute Gasteiger partial charge is 0.472 e. The van der Waals surface area contributed by atoms with Crippen LogP contribution in [0.2, 0.25) is 5.02 Å². The lowest BCUT2D eigenvalue weighted by Crippen LogP contribution is -2.54. The smallest absolute Gasteiger partial charge is 0.255 e. The zero-order chi connectivity index (χ0) is 17.8. The van der Waals surface area contributed by atoms with Gasteiger partial charge in [0.15, 0.2) is 0 Å². The van der Waals surface area contributed by atoms with Gasteiger partial charge in [-0.3, -0.25) is 9.59 Å². The van der Waals surface area contributed by atoms with E-state index in [1.807, 2.05) is 24.3 Å². The number of carbonyl (C=O) groups is 2. The number of benzene rings is 1. The number of nitrogens with zero attached hydrogens (tertiary/aromatic N) is 1. The minimum absolute atomic E-state index is 0.136. The summed E-state index contributed by atoms with van der Waals surface area (Å²) in [6.45, 7) is 3.57. The van der Waals surface area contributed by atoms with Crippen LogP contribution in [0.3, 0.4) is 0 Å². The maximum absolute atomic E-state index is 12.9. The highest BCUT2D eigenvalue weighted by molar-refractivity contribution is 6.31. The summed E-state index contributed by atoms with van der Waals surface area (Å²) in [6, 6.07) is 8.26. The van der Waals surface area contributed by atoms with Crippen LogP contribution in [-0.4, -0.2) is 42.4 Å². The lowest BCUT2D eigenvalue weighted by Gasteiger charge is -2.38. The number of amides is 2. The summed E-state index contributed by atoms with van der Waals surface area (Å²) in [5, 5.41) is 6.65. The van der Waals surface area contributed by atoms with Gasteiger partial charge in [-0.1, -0.05) is 29.8 Å². The van der Waals surface area contributed by atoms with Crippen molar-refractivity contribution < 1.29 is 14.0 Å². The van der Waals surface area contributed by atoms with Gasteiger partial charge in [-0.25, -0.2) is 0 Å². The third-order valence-corrected chi connectivity index (χ3v) is 4.64. The van der Waals surface area contributed by atoms with E-state index in [0.717, 1.165) is 5.56 Å². The van der Waals surface area contributed by atoms with Gasteiger partial charge in [0, 0.05) is 24.7 Å². The normalized spacial score (nSPS) is 18.6. The Morgan fingerprint density at radius 2 is 2.16 bits per heavy atom. The first-order valence-corrected chi connectivity index (χ1v) is 8.54. The zero-order valence-electron chi connectivity index (χ0n) is 13.9. The van der Waals surface area contributed by atoms with E-state index in [-0.39, 0.29) is 17.9 Å². The van der Waals surface area contributed by atoms with E-state index in [1.165, 1.54) is 12.5 Å². The summed E-state index contributed by atoms with van der Waals surface area (Å²) in [5.41, 5.74) is 1.29. The summed E-state index contributed by atoms with van der Waals surface area (Å²) >= 11 is 6.31. The van der Waals surface area contributed by atoms with Crippen molar-refractivity contribution in [3.05, 3.63) is 59.0 Å². The minimum atomic E-state index is -0.648. The van der Waals surface area contributed by atoms with E-state index < -0.39 is 6.04 Å². The van der Waals surface area contributed by atoms with Crippen molar-refractivity contribution in [2.45, 2.75) is 19.0 Å². The predicted octanol–water partition coefficient (Wildman–Crippen LogP) is 2.22. The van der Waals surface area contributed by atoms with E-state index in [4.69, 9.17) is 16.0 Å². The molecule has 0 bridgehead atoms. The molecule has 2 heterocycles. The maximum Gasteiger partial charge on any atom is 0.255 e. The van der Waals surface area contributed by atoms with E-state index >= 15 is 0 Å². The van der Waals surface area contributed by atoms with E-state index in [1.54, 1.807) is 17.9 Å². The summed E-state index contributed by atoms with van der Waals surface area (Å²) in [4.78, 5) is 26.8. The Bertz CT molecular complexity index is 748. The highest BCUT2D eigenvalue weighted by Crippen LogP contribution is 2.28. The van der Waals surface area contributed by atoms with Crippen LogP contribution >= 0.6 is 11.6 Å². The van der Waals surface area contributed by atoms with Crippen molar-refractivity contribution in [1.82, 2.24) is 15.5 Å². The molecule has 1 aliphatic rings. The highest BCUT2D eigenvalue weighted by atomic mass is 35.5. The molecule has 6 nitrogen and oxygen atoms in total. The number of hydrogen-bond donors (Lipinski definition) is 2. The second-order valence-corrected chi connectivity index (χ2v) is 6.39. The molecule has 2 aromatic rings. The molecule has 2 N–H and O–H groups in total. The van der Waals surface area contributed by atoms with Crippen LogP contribution in [0, 0.1) is 0 Å². The van der Waals surface area contributed by atoms with Gasteiger partial charge in [-0.15, -0.1) is 0 Å². The first-order chi connectivity index (χ1) is 12.1. The number of piperazine rings is 1. The van der Waals surface area contributed by atoms with Crippen LogP contribution in [0.4, 0.5) is 0 Å². The topological polar surface area (TPSA) is 74.6 Å². The molecule has 1 aromatic heterocycles. The van der Waals surface area contributed by atoms with E-state index in [9.17, 15) is 9.59 Å². The second kappa shape index (κ2) is 7.72. The van der Waals surface area contributed by atoms with Crippen LogP contribution in [0.1, 0.15) is 28.9 Å². The molecule has 0 radical (unpaired) electrons. The van der Waals surface area contributed by atoms with Crippen LogP contribution in [-0.2, 0) is 4.79 Å². The molecule has 0 spiro atoms. The number of furan rings is 1. The molecular formula is C18H20ClN3O3. The quantitative estimate of drug-likeness (QED) is 0.875.